The molecule has 0 saturated heterocycles. The second-order valence-corrected chi connectivity index (χ2v) is 19.0. The molecular weight excluding hydrogens is 782 g/mol. The molecule has 0 aliphatic heterocycles. The van der Waals surface area contributed by atoms with Crippen LogP contribution in [0.4, 0.5) is 0 Å². The maximum absolute atomic E-state index is 13.5. The van der Waals surface area contributed by atoms with Gasteiger partial charge in [0.25, 0.3) is 0 Å². The summed E-state index contributed by atoms with van der Waals surface area (Å²) in [6.45, 7) is 0. The summed E-state index contributed by atoms with van der Waals surface area (Å²) < 4.78 is 0. The molecule has 6 aliphatic carbocycles. The van der Waals surface area contributed by atoms with Gasteiger partial charge >= 0.3 is 33.0 Å². The minimum atomic E-state index is -0.845. The van der Waals surface area contributed by atoms with E-state index in [1.165, 1.54) is 116 Å². The van der Waals surface area contributed by atoms with Crippen LogP contribution in [0, 0.1) is 0 Å². The van der Waals surface area contributed by atoms with Crippen molar-refractivity contribution in [1.82, 2.24) is 20.4 Å². The van der Waals surface area contributed by atoms with Crippen LogP contribution >= 0.6 is 20.4 Å². The molecule has 2 unspecified atom stereocenters. The number of carbonyl (C=O) groups excluding carboxylic acids is 4. The van der Waals surface area contributed by atoms with Gasteiger partial charge in [0.1, 0.15) is 0 Å². The number of primary amides is 2. The molecule has 0 heterocycles. The van der Waals surface area contributed by atoms with Crippen LogP contribution in [0.5, 0.6) is 0 Å². The average Bonchev–Trinajstić information content (AvgIpc) is 3.22. The zero-order valence-corrected chi connectivity index (χ0v) is 36.1. The van der Waals surface area contributed by atoms with E-state index in [0.29, 0.717) is 36.8 Å². The molecule has 4 amide bonds. The average molecular weight is 857 g/mol. The molecule has 6 aliphatic rings. The van der Waals surface area contributed by atoms with Crippen LogP contribution in [-0.4, -0.2) is 81.8 Å². The molecule has 10 nitrogen and oxygen atoms in total. The Balaban J connectivity index is 0.000000228. The van der Waals surface area contributed by atoms with Crippen molar-refractivity contribution in [2.75, 3.05) is 0 Å². The van der Waals surface area contributed by atoms with Gasteiger partial charge in [-0.1, -0.05) is 116 Å². The maximum atomic E-state index is 13.5. The Kier molecular flexibility index (Phi) is 22.1. The van der Waals surface area contributed by atoms with Crippen LogP contribution in [-0.2, 0) is 31.8 Å². The number of halogens is 2. The Morgan fingerprint density at radius 3 is 0.818 bits per heavy atom. The van der Waals surface area contributed by atoms with Gasteiger partial charge in [-0.15, -0.1) is 0 Å². The van der Waals surface area contributed by atoms with E-state index in [-0.39, 0.29) is 23.9 Å². The number of amides is 4. The monoisotopic (exact) mass is 854 g/mol. The summed E-state index contributed by atoms with van der Waals surface area (Å²) in [5.41, 5.74) is 11.4. The zero-order chi connectivity index (χ0) is 39.4. The fourth-order valence-corrected chi connectivity index (χ4v) is 10.6. The van der Waals surface area contributed by atoms with Crippen molar-refractivity contribution in [3.05, 3.63) is 0 Å². The molecule has 0 bridgehead atoms. The van der Waals surface area contributed by atoms with Crippen LogP contribution in [0.15, 0.2) is 0 Å². The minimum absolute atomic E-state index is 0.0399. The van der Waals surface area contributed by atoms with Crippen molar-refractivity contribution >= 4 is 44.0 Å². The molecule has 6 fully saturated rings. The first-order valence-corrected chi connectivity index (χ1v) is 25.0. The summed E-state index contributed by atoms with van der Waals surface area (Å²) in [5, 5.41) is 6.70. The molecule has 6 saturated carbocycles. The van der Waals surface area contributed by atoms with E-state index in [0.717, 1.165) is 77.0 Å². The fraction of sp³-hybridized carbons (Fsp3) is 0.905. The number of hydrogen-bond donors (Lipinski definition) is 4. The summed E-state index contributed by atoms with van der Waals surface area (Å²) in [7, 11) is 9.40. The number of nitrogens with one attached hydrogen (secondary N) is 2. The summed E-state index contributed by atoms with van der Waals surface area (Å²) in [6.07, 6.45) is 34.6. The Morgan fingerprint density at radius 2 is 0.618 bits per heavy atom. The van der Waals surface area contributed by atoms with E-state index in [1.54, 1.807) is 0 Å². The van der Waals surface area contributed by atoms with E-state index < -0.39 is 23.9 Å². The van der Waals surface area contributed by atoms with Gasteiger partial charge in [0.05, 0.1) is 0 Å². The van der Waals surface area contributed by atoms with Crippen molar-refractivity contribution in [3.63, 3.8) is 0 Å². The molecule has 0 aromatic carbocycles. The topological polar surface area (TPSA) is 151 Å². The summed E-state index contributed by atoms with van der Waals surface area (Å²) in [5.74, 6) is -1.09. The molecule has 320 valence electrons. The Bertz CT molecular complexity index is 1010. The quantitative estimate of drug-likeness (QED) is 0.116. The zero-order valence-electron chi connectivity index (χ0n) is 33.6. The fourth-order valence-electron chi connectivity index (χ4n) is 10.6. The molecule has 0 aromatic rings. The molecule has 13 heteroatoms. The predicted octanol–water partition coefficient (Wildman–Crippen LogP) is 7.89. The van der Waals surface area contributed by atoms with Crippen molar-refractivity contribution in [2.45, 2.75) is 241 Å². The number of rotatable bonds is 12. The predicted molar refractivity (Wildman–Crippen MR) is 219 cm³/mol. The second kappa shape index (κ2) is 26.1. The van der Waals surface area contributed by atoms with Crippen molar-refractivity contribution in [2.24, 2.45) is 11.5 Å². The van der Waals surface area contributed by atoms with Crippen molar-refractivity contribution in [3.8, 4) is 0 Å². The van der Waals surface area contributed by atoms with E-state index in [2.05, 4.69) is 20.4 Å². The van der Waals surface area contributed by atoms with Crippen LogP contribution in [0.1, 0.15) is 193 Å². The van der Waals surface area contributed by atoms with Gasteiger partial charge in [0.15, 0.2) is 12.1 Å². The van der Waals surface area contributed by atoms with Crippen LogP contribution in [0.25, 0.3) is 0 Å². The molecule has 0 aromatic heterocycles. The van der Waals surface area contributed by atoms with Gasteiger partial charge in [-0.25, -0.2) is 0 Å². The SMILES string of the molecule is NC(=O)C(NC1CCCCC1)C(=O)N(C1CCCCC1)C1CCCCC1.NC(=O)C(NC1CCCCC1)C(=O)N(C1CCCCC1)C1CCCCC1.[Cl][Ni][Cl]. The first kappa shape index (κ1) is 46.6. The number of hydrogen-bond acceptors (Lipinski definition) is 6. The van der Waals surface area contributed by atoms with E-state index in [1.807, 2.05) is 0 Å². The van der Waals surface area contributed by atoms with Gasteiger partial charge in [0.2, 0.25) is 23.6 Å². The van der Waals surface area contributed by atoms with Crippen LogP contribution in [0.2, 0.25) is 0 Å². The molecular formula is C42H74Cl2N6NiO4. The van der Waals surface area contributed by atoms with E-state index in [4.69, 9.17) is 31.9 Å². The normalized spacial score (nSPS) is 24.0. The second-order valence-electron chi connectivity index (χ2n) is 17.4. The van der Waals surface area contributed by atoms with Crippen molar-refractivity contribution in [1.29, 1.82) is 0 Å². The molecule has 55 heavy (non-hydrogen) atoms. The molecule has 0 radical (unpaired) electrons. The third-order valence-corrected chi connectivity index (χ3v) is 13.5. The van der Waals surface area contributed by atoms with Crippen LogP contribution in [0.3, 0.4) is 0 Å². The Labute approximate surface area is 347 Å². The molecule has 6 rings (SSSR count). The number of carbonyl (C=O) groups is 4. The third-order valence-electron chi connectivity index (χ3n) is 13.5. The molecule has 0 spiro atoms. The Morgan fingerprint density at radius 1 is 0.418 bits per heavy atom. The van der Waals surface area contributed by atoms with E-state index >= 15 is 0 Å². The Hall–Kier alpha value is -1.13. The summed E-state index contributed by atoms with van der Waals surface area (Å²) in [6, 6.07) is 0.0193. The van der Waals surface area contributed by atoms with Gasteiger partial charge in [0, 0.05) is 36.3 Å². The van der Waals surface area contributed by atoms with Gasteiger partial charge in [-0.05, 0) is 77.0 Å². The van der Waals surface area contributed by atoms with Gasteiger partial charge < -0.3 is 21.3 Å². The summed E-state index contributed by atoms with van der Waals surface area (Å²) in [4.78, 5) is 55.7. The number of nitrogens with zero attached hydrogens (tertiary/aromatic N) is 2. The summed E-state index contributed by atoms with van der Waals surface area (Å²) >= 11 is 0.569. The third kappa shape index (κ3) is 15.2. The van der Waals surface area contributed by atoms with Crippen LogP contribution < -0.4 is 22.1 Å². The standard InChI is InChI=1S/2C21H37N3O2.2ClH.Ni/c2*22-20(25)19(23-16-10-4-1-5-11-16)21(26)24(17-12-6-2-7-13-17)18-14-8-3-9-15-18;;;/h2*16-19,23H,1-15H2,(H2,22,25);2*1H;/q;;;;+2/p-2. The number of nitrogens with two attached hydrogens (primary N) is 2. The molecule has 2 atom stereocenters. The van der Waals surface area contributed by atoms with E-state index in [9.17, 15) is 19.2 Å². The molecule has 6 N–H and O–H groups in total. The van der Waals surface area contributed by atoms with Gasteiger partial charge in [-0.2, -0.15) is 0 Å². The van der Waals surface area contributed by atoms with Gasteiger partial charge in [-0.3, -0.25) is 29.8 Å². The van der Waals surface area contributed by atoms with Crippen molar-refractivity contribution < 1.29 is 31.8 Å². The first-order valence-electron chi connectivity index (χ1n) is 22.3. The first-order chi connectivity index (χ1) is 26.7.